The van der Waals surface area contributed by atoms with Gasteiger partial charge in [-0.2, -0.15) is 4.31 Å². The van der Waals surface area contributed by atoms with Crippen molar-refractivity contribution in [3.05, 3.63) is 89.6 Å². The van der Waals surface area contributed by atoms with Crippen LogP contribution in [0.2, 0.25) is 5.02 Å². The normalized spacial score (nSPS) is 13.4. The van der Waals surface area contributed by atoms with Gasteiger partial charge in [-0.1, -0.05) is 29.3 Å². The van der Waals surface area contributed by atoms with Gasteiger partial charge in [-0.3, -0.25) is 14.7 Å². The number of carbonyl (C=O) groups excluding carboxylic acids is 1. The number of carbonyl (C=O) groups is 1. The molecule has 1 heterocycles. The second-order valence-electron chi connectivity index (χ2n) is 9.63. The van der Waals surface area contributed by atoms with Crippen molar-refractivity contribution >= 4 is 33.5 Å². The number of sulfonamides is 1. The third-order valence-electron chi connectivity index (χ3n) is 6.59. The number of halogens is 1. The summed E-state index contributed by atoms with van der Waals surface area (Å²) in [6.45, 7) is 1.95. The number of amides is 1. The van der Waals surface area contributed by atoms with Crippen LogP contribution in [-0.2, 0) is 14.8 Å². The molecule has 10 heteroatoms. The summed E-state index contributed by atoms with van der Waals surface area (Å²) in [6.07, 6.45) is 3.73. The van der Waals surface area contributed by atoms with Gasteiger partial charge in [-0.15, -0.1) is 0 Å². The van der Waals surface area contributed by atoms with Crippen LogP contribution in [0.15, 0.2) is 83.9 Å². The SMILES string of the molecule is COc1ccc(-c2cn(-c3ccc(C)cc3)c(NC(=O)CN(CC3CC3)S(=O)(=O)c3ccc(Cl)cc3)n2)cc1. The van der Waals surface area contributed by atoms with Gasteiger partial charge < -0.3 is 4.74 Å². The molecule has 0 spiro atoms. The number of ether oxygens (including phenoxy) is 1. The van der Waals surface area contributed by atoms with E-state index in [1.807, 2.05) is 61.7 Å². The number of nitrogens with zero attached hydrogens (tertiary/aromatic N) is 3. The number of benzene rings is 3. The van der Waals surface area contributed by atoms with Crippen LogP contribution in [0, 0.1) is 12.8 Å². The van der Waals surface area contributed by atoms with Crippen molar-refractivity contribution in [2.45, 2.75) is 24.7 Å². The molecule has 1 amide bonds. The Bertz CT molecular complexity index is 1560. The maximum absolute atomic E-state index is 13.4. The van der Waals surface area contributed by atoms with E-state index in [4.69, 9.17) is 21.3 Å². The van der Waals surface area contributed by atoms with Crippen molar-refractivity contribution in [2.75, 3.05) is 25.5 Å². The van der Waals surface area contributed by atoms with E-state index in [0.29, 0.717) is 16.7 Å². The number of aromatic nitrogens is 2. The van der Waals surface area contributed by atoms with E-state index in [-0.39, 0.29) is 23.9 Å². The maximum Gasteiger partial charge on any atom is 0.243 e. The Hall–Kier alpha value is -3.66. The topological polar surface area (TPSA) is 93.5 Å². The zero-order valence-electron chi connectivity index (χ0n) is 21.7. The zero-order chi connectivity index (χ0) is 27.6. The van der Waals surface area contributed by atoms with Crippen LogP contribution in [0.1, 0.15) is 18.4 Å². The van der Waals surface area contributed by atoms with Crippen molar-refractivity contribution in [1.82, 2.24) is 13.9 Å². The largest absolute Gasteiger partial charge is 0.497 e. The Morgan fingerprint density at radius 3 is 2.33 bits per heavy atom. The minimum Gasteiger partial charge on any atom is -0.497 e. The molecule has 39 heavy (non-hydrogen) atoms. The van der Waals surface area contributed by atoms with Crippen molar-refractivity contribution in [2.24, 2.45) is 5.92 Å². The van der Waals surface area contributed by atoms with E-state index in [1.165, 1.54) is 28.6 Å². The predicted molar refractivity (Wildman–Crippen MR) is 152 cm³/mol. The van der Waals surface area contributed by atoms with Crippen LogP contribution in [0.25, 0.3) is 16.9 Å². The highest BCUT2D eigenvalue weighted by Gasteiger charge is 2.33. The monoisotopic (exact) mass is 564 g/mol. The summed E-state index contributed by atoms with van der Waals surface area (Å²) in [4.78, 5) is 18.1. The molecule has 0 unspecified atom stereocenters. The minimum absolute atomic E-state index is 0.100. The molecule has 1 fully saturated rings. The summed E-state index contributed by atoms with van der Waals surface area (Å²) >= 11 is 5.96. The molecular formula is C29H29ClN4O4S. The van der Waals surface area contributed by atoms with Crippen LogP contribution < -0.4 is 10.1 Å². The first-order valence-corrected chi connectivity index (χ1v) is 14.4. The van der Waals surface area contributed by atoms with Crippen molar-refractivity contribution in [3.63, 3.8) is 0 Å². The smallest absolute Gasteiger partial charge is 0.243 e. The first-order valence-electron chi connectivity index (χ1n) is 12.6. The van der Waals surface area contributed by atoms with Crippen molar-refractivity contribution in [3.8, 4) is 22.7 Å². The van der Waals surface area contributed by atoms with Crippen molar-refractivity contribution < 1.29 is 17.9 Å². The molecule has 1 aromatic heterocycles. The summed E-state index contributed by atoms with van der Waals surface area (Å²) < 4.78 is 35.1. The van der Waals surface area contributed by atoms with Gasteiger partial charge in [0.2, 0.25) is 21.9 Å². The predicted octanol–water partition coefficient (Wildman–Crippen LogP) is 5.55. The molecule has 8 nitrogen and oxygen atoms in total. The molecule has 0 bridgehead atoms. The molecular weight excluding hydrogens is 536 g/mol. The fourth-order valence-electron chi connectivity index (χ4n) is 4.19. The van der Waals surface area contributed by atoms with Crippen LogP contribution in [-0.4, -0.2) is 48.4 Å². The van der Waals surface area contributed by atoms with E-state index in [9.17, 15) is 13.2 Å². The summed E-state index contributed by atoms with van der Waals surface area (Å²) in [6, 6.07) is 21.3. The second-order valence-corrected chi connectivity index (χ2v) is 12.0. The fraction of sp³-hybridized carbons (Fsp3) is 0.241. The first kappa shape index (κ1) is 26.9. The number of anilines is 1. The van der Waals surface area contributed by atoms with Gasteiger partial charge >= 0.3 is 0 Å². The summed E-state index contributed by atoms with van der Waals surface area (Å²) in [5, 5.41) is 3.29. The van der Waals surface area contributed by atoms with Crippen LogP contribution in [0.5, 0.6) is 5.75 Å². The van der Waals surface area contributed by atoms with E-state index in [0.717, 1.165) is 35.4 Å². The number of hydrogen-bond donors (Lipinski definition) is 1. The number of methoxy groups -OCH3 is 1. The number of rotatable bonds is 10. The molecule has 1 saturated carbocycles. The highest BCUT2D eigenvalue weighted by Crippen LogP contribution is 2.32. The Kier molecular flexibility index (Phi) is 7.74. The molecule has 0 radical (unpaired) electrons. The van der Waals surface area contributed by atoms with Gasteiger partial charge in [0.1, 0.15) is 5.75 Å². The molecule has 4 aromatic rings. The minimum atomic E-state index is -3.90. The van der Waals surface area contributed by atoms with Crippen LogP contribution in [0.4, 0.5) is 5.95 Å². The molecule has 3 aromatic carbocycles. The number of nitrogens with one attached hydrogen (secondary N) is 1. The van der Waals surface area contributed by atoms with E-state index >= 15 is 0 Å². The third-order valence-corrected chi connectivity index (χ3v) is 8.66. The maximum atomic E-state index is 13.4. The lowest BCUT2D eigenvalue weighted by Gasteiger charge is -2.22. The molecule has 202 valence electrons. The van der Waals surface area contributed by atoms with Gasteiger partial charge in [0.05, 0.1) is 24.2 Å². The summed E-state index contributed by atoms with van der Waals surface area (Å²) in [5.74, 6) is 0.789. The zero-order valence-corrected chi connectivity index (χ0v) is 23.2. The highest BCUT2D eigenvalue weighted by atomic mass is 35.5. The quantitative estimate of drug-likeness (QED) is 0.273. The first-order chi connectivity index (χ1) is 18.7. The Morgan fingerprint density at radius 1 is 1.05 bits per heavy atom. The summed E-state index contributed by atoms with van der Waals surface area (Å²) in [7, 11) is -2.29. The van der Waals surface area contributed by atoms with Gasteiger partial charge in [0, 0.05) is 29.0 Å². The van der Waals surface area contributed by atoms with Gasteiger partial charge in [0.15, 0.2) is 0 Å². The molecule has 1 aliphatic carbocycles. The lowest BCUT2D eigenvalue weighted by atomic mass is 10.1. The standard InChI is InChI=1S/C29H29ClN4O4S/c1-20-3-11-24(12-4-20)34-18-27(22-7-13-25(38-2)14-8-22)31-29(34)32-28(35)19-33(17-21-5-6-21)39(36,37)26-15-9-23(30)10-16-26/h3-4,7-16,18,21H,5-6,17,19H2,1-2H3,(H,31,32,35). The van der Waals surface area contributed by atoms with Gasteiger partial charge in [0.25, 0.3) is 0 Å². The van der Waals surface area contributed by atoms with Crippen LogP contribution in [0.3, 0.4) is 0 Å². The lowest BCUT2D eigenvalue weighted by Crippen LogP contribution is -2.39. The number of hydrogen-bond acceptors (Lipinski definition) is 5. The van der Waals surface area contributed by atoms with E-state index in [2.05, 4.69) is 5.32 Å². The number of aryl methyl sites for hydroxylation is 1. The fourth-order valence-corrected chi connectivity index (χ4v) is 5.79. The van der Waals surface area contributed by atoms with Gasteiger partial charge in [-0.05, 0) is 86.3 Å². The number of imidazole rings is 1. The molecule has 0 saturated heterocycles. The average Bonchev–Trinajstić information content (AvgIpc) is 3.66. The lowest BCUT2D eigenvalue weighted by molar-refractivity contribution is -0.116. The highest BCUT2D eigenvalue weighted by molar-refractivity contribution is 7.89. The Morgan fingerprint density at radius 2 is 1.72 bits per heavy atom. The van der Waals surface area contributed by atoms with E-state index in [1.54, 1.807) is 11.7 Å². The molecule has 0 aliphatic heterocycles. The molecule has 1 aliphatic rings. The third kappa shape index (κ3) is 6.33. The summed E-state index contributed by atoms with van der Waals surface area (Å²) in [5.41, 5.74) is 3.41. The average molecular weight is 565 g/mol. The molecule has 0 atom stereocenters. The van der Waals surface area contributed by atoms with Crippen LogP contribution >= 0.6 is 11.6 Å². The molecule has 1 N–H and O–H groups in total. The molecule has 5 rings (SSSR count). The Balaban J connectivity index is 1.43. The van der Waals surface area contributed by atoms with Gasteiger partial charge in [-0.25, -0.2) is 13.4 Å². The Labute approximate surface area is 233 Å². The second kappa shape index (κ2) is 11.2. The van der Waals surface area contributed by atoms with Crippen molar-refractivity contribution in [1.29, 1.82) is 0 Å². The van der Waals surface area contributed by atoms with E-state index < -0.39 is 15.9 Å².